The number of rotatable bonds is 7. The number of thioether (sulfide) groups is 1. The van der Waals surface area contributed by atoms with E-state index in [9.17, 15) is 14.4 Å². The molecule has 1 aromatic heterocycles. The van der Waals surface area contributed by atoms with Crippen molar-refractivity contribution >= 4 is 29.5 Å². The van der Waals surface area contributed by atoms with Crippen LogP contribution in [0, 0.1) is 0 Å². The number of nitrogens with zero attached hydrogens (tertiary/aromatic N) is 4. The maximum Gasteiger partial charge on any atom is 0.249 e. The maximum absolute atomic E-state index is 13.1. The summed E-state index contributed by atoms with van der Waals surface area (Å²) in [6.07, 6.45) is 0.103. The van der Waals surface area contributed by atoms with Crippen molar-refractivity contribution in [1.82, 2.24) is 36.2 Å². The van der Waals surface area contributed by atoms with Gasteiger partial charge in [0.15, 0.2) is 5.82 Å². The predicted molar refractivity (Wildman–Crippen MR) is 112 cm³/mol. The van der Waals surface area contributed by atoms with E-state index < -0.39 is 18.0 Å². The molecule has 0 radical (unpaired) electrons. The molecule has 4 atom stereocenters. The number of carbonyl (C=O) groups is 3. The monoisotopic (exact) mass is 444 g/mol. The lowest BCUT2D eigenvalue weighted by Gasteiger charge is -2.44. The summed E-state index contributed by atoms with van der Waals surface area (Å²) < 4.78 is -0.363. The van der Waals surface area contributed by atoms with Gasteiger partial charge in [-0.05, 0) is 19.4 Å². The van der Waals surface area contributed by atoms with Gasteiger partial charge >= 0.3 is 0 Å². The number of tetrazole rings is 1. The van der Waals surface area contributed by atoms with Crippen molar-refractivity contribution < 1.29 is 14.4 Å². The van der Waals surface area contributed by atoms with Gasteiger partial charge in [-0.3, -0.25) is 14.4 Å². The molecule has 2 unspecified atom stereocenters. The molecule has 31 heavy (non-hydrogen) atoms. The molecule has 2 fully saturated rings. The van der Waals surface area contributed by atoms with E-state index in [2.05, 4.69) is 31.3 Å². The minimum Gasteiger partial charge on any atom is -0.340 e. The third-order valence-electron chi connectivity index (χ3n) is 5.42. The van der Waals surface area contributed by atoms with Gasteiger partial charge in [0.25, 0.3) is 0 Å². The number of amides is 3. The zero-order valence-electron chi connectivity index (χ0n) is 17.1. The Balaban J connectivity index is 1.51. The van der Waals surface area contributed by atoms with Gasteiger partial charge in [-0.1, -0.05) is 35.5 Å². The van der Waals surface area contributed by atoms with E-state index in [4.69, 9.17) is 5.73 Å². The summed E-state index contributed by atoms with van der Waals surface area (Å²) in [5.41, 5.74) is 6.08. The first-order chi connectivity index (χ1) is 14.8. The van der Waals surface area contributed by atoms with Crippen LogP contribution in [0.15, 0.2) is 30.3 Å². The molecule has 3 amide bonds. The Labute approximate surface area is 182 Å². The largest absolute Gasteiger partial charge is 0.340 e. The Kier molecular flexibility index (Phi) is 5.67. The highest BCUT2D eigenvalue weighted by Crippen LogP contribution is 2.56. The van der Waals surface area contributed by atoms with E-state index in [0.29, 0.717) is 11.4 Å². The van der Waals surface area contributed by atoms with E-state index >= 15 is 0 Å². The molecule has 1 aromatic carbocycles. The minimum atomic E-state index is -0.922. The average Bonchev–Trinajstić information content (AvgIpc) is 3.35. The van der Waals surface area contributed by atoms with E-state index in [1.165, 1.54) is 0 Å². The molecule has 12 heteroatoms. The van der Waals surface area contributed by atoms with Crippen LogP contribution in [0.5, 0.6) is 0 Å². The van der Waals surface area contributed by atoms with Crippen molar-refractivity contribution in [2.24, 2.45) is 5.73 Å². The van der Waals surface area contributed by atoms with Gasteiger partial charge in [0, 0.05) is 17.7 Å². The molecule has 2 aliphatic heterocycles. The maximum atomic E-state index is 13.1. The summed E-state index contributed by atoms with van der Waals surface area (Å²) in [4.78, 5) is 39.9. The second-order valence-electron chi connectivity index (χ2n) is 7.97. The number of hydrogen-bond acceptors (Lipinski definition) is 8. The number of aromatic amines is 1. The molecule has 2 aliphatic rings. The zero-order chi connectivity index (χ0) is 22.2. The molecule has 0 aliphatic carbocycles. The lowest BCUT2D eigenvalue weighted by Crippen LogP contribution is -2.68. The number of β-lactam (4-membered cyclic amide) rings is 1. The van der Waals surface area contributed by atoms with Crippen LogP contribution in [0.2, 0.25) is 0 Å². The topological polar surface area (TPSA) is 159 Å². The number of hydrogen-bond donors (Lipinski definition) is 4. The molecule has 2 aromatic rings. The standard InChI is InChI=1S/C19H24N8O3S/c1-19(2)14(15-23-25-26-24-15)27-17(30)13(18(27)31-19)22-16(29)12(21-11(28)8-9-20)10-6-4-3-5-7-10/h3-7,12-14,18H,8-9,20H2,1-2H3,(H,21,28)(H,22,29)(H,23,24,25,26)/t12-,13?,14?,18-/m1/s1. The summed E-state index contributed by atoms with van der Waals surface area (Å²) in [6.45, 7) is 4.18. The van der Waals surface area contributed by atoms with Gasteiger partial charge in [-0.15, -0.1) is 22.0 Å². The third-order valence-corrected chi connectivity index (χ3v) is 6.99. The van der Waals surface area contributed by atoms with Crippen LogP contribution < -0.4 is 16.4 Å². The molecule has 3 heterocycles. The lowest BCUT2D eigenvalue weighted by molar-refractivity contribution is -0.152. The van der Waals surface area contributed by atoms with Crippen LogP contribution in [-0.2, 0) is 14.4 Å². The predicted octanol–water partition coefficient (Wildman–Crippen LogP) is -0.374. The van der Waals surface area contributed by atoms with Crippen molar-refractivity contribution in [3.63, 3.8) is 0 Å². The first-order valence-electron chi connectivity index (χ1n) is 9.91. The van der Waals surface area contributed by atoms with Crippen LogP contribution in [-0.4, -0.2) is 66.0 Å². The third kappa shape index (κ3) is 3.88. The normalized spacial score (nSPS) is 24.8. The van der Waals surface area contributed by atoms with Gasteiger partial charge in [-0.2, -0.15) is 5.21 Å². The molecule has 11 nitrogen and oxygen atoms in total. The van der Waals surface area contributed by atoms with Crippen LogP contribution >= 0.6 is 11.8 Å². The van der Waals surface area contributed by atoms with Crippen LogP contribution in [0.4, 0.5) is 0 Å². The second-order valence-corrected chi connectivity index (χ2v) is 9.74. The summed E-state index contributed by atoms with van der Waals surface area (Å²) in [5, 5.41) is 19.4. The first kappa shape index (κ1) is 21.2. The molecule has 4 rings (SSSR count). The molecule has 0 spiro atoms. The van der Waals surface area contributed by atoms with Crippen molar-refractivity contribution in [3.8, 4) is 0 Å². The molecule has 164 valence electrons. The summed E-state index contributed by atoms with van der Waals surface area (Å²) in [5.74, 6) is -0.557. The fraction of sp³-hybridized carbons (Fsp3) is 0.474. The van der Waals surface area contributed by atoms with Gasteiger partial charge in [0.1, 0.15) is 23.5 Å². The summed E-state index contributed by atoms with van der Waals surface area (Å²) >= 11 is 1.57. The van der Waals surface area contributed by atoms with Crippen LogP contribution in [0.3, 0.4) is 0 Å². The van der Waals surface area contributed by atoms with E-state index in [0.717, 1.165) is 0 Å². The number of nitrogens with one attached hydrogen (secondary N) is 3. The second kappa shape index (κ2) is 8.27. The lowest BCUT2D eigenvalue weighted by atomic mass is 9.95. The number of benzene rings is 1. The van der Waals surface area contributed by atoms with Gasteiger partial charge in [0.05, 0.1) is 0 Å². The van der Waals surface area contributed by atoms with Crippen molar-refractivity contribution in [1.29, 1.82) is 0 Å². The SMILES string of the molecule is CC1(C)S[C@@H]2C(NC(=O)[C@H](NC(=O)CCN)c3ccccc3)C(=O)N2C1c1nn[nH]n1. The quantitative estimate of drug-likeness (QED) is 0.421. The molecule has 0 bridgehead atoms. The molecule has 2 saturated heterocycles. The van der Waals surface area contributed by atoms with Crippen LogP contribution in [0.1, 0.15) is 43.7 Å². The average molecular weight is 445 g/mol. The molecular weight excluding hydrogens is 420 g/mol. The highest BCUT2D eigenvalue weighted by Gasteiger charge is 2.63. The highest BCUT2D eigenvalue weighted by atomic mass is 32.2. The Morgan fingerprint density at radius 3 is 2.71 bits per heavy atom. The van der Waals surface area contributed by atoms with Crippen molar-refractivity contribution in [3.05, 3.63) is 41.7 Å². The molecular formula is C19H24N8O3S. The number of fused-ring (bicyclic) bond motifs is 1. The Hall–Kier alpha value is -2.99. The Morgan fingerprint density at radius 2 is 2.06 bits per heavy atom. The minimum absolute atomic E-state index is 0.103. The van der Waals surface area contributed by atoms with E-state index in [1.54, 1.807) is 40.9 Å². The van der Waals surface area contributed by atoms with E-state index in [1.807, 2.05) is 19.9 Å². The van der Waals surface area contributed by atoms with E-state index in [-0.39, 0.29) is 40.9 Å². The van der Waals surface area contributed by atoms with Crippen molar-refractivity contribution in [2.45, 2.75) is 48.5 Å². The smallest absolute Gasteiger partial charge is 0.249 e. The number of H-pyrrole nitrogens is 1. The van der Waals surface area contributed by atoms with Crippen LogP contribution in [0.25, 0.3) is 0 Å². The Bertz CT molecular complexity index is 968. The Morgan fingerprint density at radius 1 is 1.32 bits per heavy atom. The number of carbonyl (C=O) groups excluding carboxylic acids is 3. The zero-order valence-corrected chi connectivity index (χ0v) is 17.9. The molecule has 5 N–H and O–H groups in total. The van der Waals surface area contributed by atoms with Crippen molar-refractivity contribution in [2.75, 3.05) is 6.54 Å². The van der Waals surface area contributed by atoms with Gasteiger partial charge in [0.2, 0.25) is 17.7 Å². The number of aromatic nitrogens is 4. The molecule has 0 saturated carbocycles. The van der Waals surface area contributed by atoms with Gasteiger partial charge in [-0.25, -0.2) is 0 Å². The first-order valence-corrected chi connectivity index (χ1v) is 10.8. The fourth-order valence-corrected chi connectivity index (χ4v) is 5.63. The van der Waals surface area contributed by atoms with Gasteiger partial charge < -0.3 is 21.3 Å². The summed E-state index contributed by atoms with van der Waals surface area (Å²) in [6, 6.07) is 6.92. The summed E-state index contributed by atoms with van der Waals surface area (Å²) in [7, 11) is 0. The fourth-order valence-electron chi connectivity index (χ4n) is 4.00. The highest BCUT2D eigenvalue weighted by molar-refractivity contribution is 8.01. The number of nitrogens with two attached hydrogens (primary N) is 1.